The van der Waals surface area contributed by atoms with Crippen molar-refractivity contribution in [2.75, 3.05) is 0 Å². The fourth-order valence-corrected chi connectivity index (χ4v) is 1.69. The van der Waals surface area contributed by atoms with Crippen LogP contribution < -0.4 is 5.90 Å². The molecule has 0 aliphatic heterocycles. The van der Waals surface area contributed by atoms with Crippen molar-refractivity contribution in [1.82, 2.24) is 0 Å². The monoisotopic (exact) mass is 452 g/mol. The van der Waals surface area contributed by atoms with E-state index in [0.717, 1.165) is 20.8 Å². The van der Waals surface area contributed by atoms with Gasteiger partial charge in [0.2, 0.25) is 0 Å². The average molecular weight is 455 g/mol. The van der Waals surface area contributed by atoms with E-state index in [0.29, 0.717) is 5.56 Å². The highest BCUT2D eigenvalue weighted by Gasteiger charge is 1.87. The molecule has 0 saturated carbocycles. The first-order valence-corrected chi connectivity index (χ1v) is 7.14. The summed E-state index contributed by atoms with van der Waals surface area (Å²) in [6.07, 6.45) is 2.21. The lowest BCUT2D eigenvalue weighted by Gasteiger charge is -1.89. The van der Waals surface area contributed by atoms with Crippen LogP contribution in [0.1, 0.15) is 15.9 Å². The van der Waals surface area contributed by atoms with Crippen molar-refractivity contribution in [2.24, 2.45) is 11.1 Å². The smallest absolute Gasteiger partial charge is 0.150 e. The third-order valence-electron chi connectivity index (χ3n) is 2.08. The van der Waals surface area contributed by atoms with E-state index < -0.39 is 0 Å². The molecular weight excluding hydrogens is 439 g/mol. The maximum absolute atomic E-state index is 10.1. The van der Waals surface area contributed by atoms with Crippen LogP contribution in [0.25, 0.3) is 0 Å². The van der Waals surface area contributed by atoms with Crippen molar-refractivity contribution >= 4 is 56.8 Å². The van der Waals surface area contributed by atoms with Crippen molar-refractivity contribution in [1.29, 1.82) is 0 Å². The Kier molecular flexibility index (Phi) is 15.4. The third-order valence-corrected chi connectivity index (χ3v) is 3.14. The van der Waals surface area contributed by atoms with E-state index in [1.165, 1.54) is 6.21 Å². The molecule has 0 unspecified atom stereocenters. The van der Waals surface area contributed by atoms with Crippen LogP contribution in [0.5, 0.6) is 0 Å². The molecule has 22 heavy (non-hydrogen) atoms. The molecule has 0 aliphatic carbocycles. The van der Waals surface area contributed by atoms with Gasteiger partial charge in [-0.3, -0.25) is 4.79 Å². The number of oxime groups is 1. The zero-order valence-electron chi connectivity index (χ0n) is 11.3. The van der Waals surface area contributed by atoms with Crippen molar-refractivity contribution < 1.29 is 15.2 Å². The van der Waals surface area contributed by atoms with Gasteiger partial charge in [-0.15, -0.1) is 12.4 Å². The number of hydrogen-bond acceptors (Lipinski definition) is 5. The molecule has 8 heteroatoms. The second-order valence-electron chi connectivity index (χ2n) is 3.47. The summed E-state index contributed by atoms with van der Waals surface area (Å²) in [4.78, 5) is 10.1. The molecule has 2 rings (SSSR count). The number of nitrogens with two attached hydrogens (primary N) is 1. The number of nitrogens with zero attached hydrogens (tertiary/aromatic N) is 1. The van der Waals surface area contributed by atoms with Crippen LogP contribution in [-0.2, 0) is 0 Å². The van der Waals surface area contributed by atoms with Gasteiger partial charge in [-0.2, -0.15) is 0 Å². The van der Waals surface area contributed by atoms with Crippen molar-refractivity contribution in [2.45, 2.75) is 0 Å². The number of rotatable bonds is 2. The molecule has 0 spiro atoms. The molecule has 0 bridgehead atoms. The van der Waals surface area contributed by atoms with Gasteiger partial charge in [0.25, 0.3) is 0 Å². The molecule has 2 aromatic rings. The lowest BCUT2D eigenvalue weighted by Crippen LogP contribution is -1.77. The maximum Gasteiger partial charge on any atom is 0.150 e. The van der Waals surface area contributed by atoms with Gasteiger partial charge in [-0.25, -0.2) is 5.90 Å². The van der Waals surface area contributed by atoms with Crippen LogP contribution in [0, 0.1) is 0 Å². The number of halogens is 3. The molecule has 0 radical (unpaired) electrons. The molecule has 4 N–H and O–H groups in total. The number of aldehydes is 1. The Balaban J connectivity index is 0. The first-order valence-electron chi connectivity index (χ1n) is 5.55. The normalized spacial score (nSPS) is 8.73. The second-order valence-corrected chi connectivity index (χ2v) is 5.30. The minimum absolute atomic E-state index is 0. The largest absolute Gasteiger partial charge is 0.411 e. The molecule has 0 saturated heterocycles. The topological polar surface area (TPSA) is 95.9 Å². The van der Waals surface area contributed by atoms with E-state index in [2.05, 4.69) is 42.9 Å². The van der Waals surface area contributed by atoms with Crippen molar-refractivity contribution in [3.05, 3.63) is 68.6 Å². The molecule has 0 fully saturated rings. The summed E-state index contributed by atoms with van der Waals surface area (Å²) in [6, 6.07) is 14.7. The van der Waals surface area contributed by atoms with E-state index in [1.54, 1.807) is 12.1 Å². The number of hydrogen-bond donors (Lipinski definition) is 3. The summed E-state index contributed by atoms with van der Waals surface area (Å²) in [7, 11) is 0. The Bertz CT molecular complexity index is 549. The van der Waals surface area contributed by atoms with Gasteiger partial charge < -0.3 is 10.4 Å². The standard InChI is InChI=1S/C7H6BrNO.C7H5BrO.ClH.H3NO/c8-7-3-1-6(2-4-7)5-9-10;8-7-3-1-6(5-9)2-4-7;;1-2/h1-5,10H;1-5H;1H;2H,1H2/b9-5+;;;. The first kappa shape index (κ1) is 23.0. The molecule has 5 nitrogen and oxygen atoms in total. The van der Waals surface area contributed by atoms with Crippen LogP contribution in [0.3, 0.4) is 0 Å². The van der Waals surface area contributed by atoms with Gasteiger partial charge in [0.1, 0.15) is 6.29 Å². The summed E-state index contributed by atoms with van der Waals surface area (Å²) in [6.45, 7) is 0. The van der Waals surface area contributed by atoms with E-state index >= 15 is 0 Å². The Morgan fingerprint density at radius 3 is 1.55 bits per heavy atom. The summed E-state index contributed by atoms with van der Waals surface area (Å²) in [5.74, 6) is 3.50. The Morgan fingerprint density at radius 1 is 0.864 bits per heavy atom. The highest BCUT2D eigenvalue weighted by Crippen LogP contribution is 2.09. The van der Waals surface area contributed by atoms with Gasteiger partial charge in [0.05, 0.1) is 6.21 Å². The van der Waals surface area contributed by atoms with Crippen LogP contribution in [-0.4, -0.2) is 22.9 Å². The van der Waals surface area contributed by atoms with Crippen molar-refractivity contribution in [3.63, 3.8) is 0 Å². The SMILES string of the molecule is Cl.NO.O/N=C/c1ccc(Br)cc1.O=Cc1ccc(Br)cc1. The number of carbonyl (C=O) groups excluding carboxylic acids is 1. The van der Waals surface area contributed by atoms with E-state index in [-0.39, 0.29) is 12.4 Å². The Labute approximate surface area is 151 Å². The van der Waals surface area contributed by atoms with Gasteiger partial charge >= 0.3 is 0 Å². The fourth-order valence-electron chi connectivity index (χ4n) is 1.16. The average Bonchev–Trinajstić information content (AvgIpc) is 2.53. The van der Waals surface area contributed by atoms with Crippen LogP contribution >= 0.6 is 44.3 Å². The lowest BCUT2D eigenvalue weighted by molar-refractivity contribution is 0.112. The summed E-state index contributed by atoms with van der Waals surface area (Å²) in [5, 5.41) is 17.5. The van der Waals surface area contributed by atoms with E-state index in [9.17, 15) is 4.79 Å². The highest BCUT2D eigenvalue weighted by atomic mass is 79.9. The predicted molar refractivity (Wildman–Crippen MR) is 96.3 cm³/mol. The molecule has 0 heterocycles. The summed E-state index contributed by atoms with van der Waals surface area (Å²) >= 11 is 6.55. The molecular formula is C14H15Br2ClN2O3. The number of benzene rings is 2. The minimum Gasteiger partial charge on any atom is -0.411 e. The molecule has 0 aliphatic rings. The Hall–Kier alpha value is -1.25. The van der Waals surface area contributed by atoms with Crippen LogP contribution in [0.15, 0.2) is 62.6 Å². The van der Waals surface area contributed by atoms with Gasteiger partial charge in [-0.05, 0) is 29.8 Å². The second kappa shape index (κ2) is 14.7. The molecule has 0 aromatic heterocycles. The fraction of sp³-hybridized carbons (Fsp3) is 0. The quantitative estimate of drug-likeness (QED) is 0.273. The zero-order valence-corrected chi connectivity index (χ0v) is 15.3. The maximum atomic E-state index is 10.1. The summed E-state index contributed by atoms with van der Waals surface area (Å²) in [5.41, 5.74) is 1.59. The van der Waals surface area contributed by atoms with Crippen molar-refractivity contribution in [3.8, 4) is 0 Å². The highest BCUT2D eigenvalue weighted by molar-refractivity contribution is 9.10. The third kappa shape index (κ3) is 10.5. The molecule has 120 valence electrons. The zero-order chi connectivity index (χ0) is 16.1. The molecule has 0 amide bonds. The van der Waals surface area contributed by atoms with Crippen LogP contribution in [0.2, 0.25) is 0 Å². The van der Waals surface area contributed by atoms with E-state index in [4.69, 9.17) is 10.4 Å². The summed E-state index contributed by atoms with van der Waals surface area (Å²) < 4.78 is 2.01. The first-order chi connectivity index (χ1) is 10.2. The van der Waals surface area contributed by atoms with Gasteiger partial charge in [-0.1, -0.05) is 61.3 Å². The van der Waals surface area contributed by atoms with E-state index in [1.807, 2.05) is 36.4 Å². The molecule has 2 aromatic carbocycles. The Morgan fingerprint density at radius 2 is 1.23 bits per heavy atom. The number of carbonyl (C=O) groups is 1. The van der Waals surface area contributed by atoms with Gasteiger partial charge in [0.15, 0.2) is 0 Å². The lowest BCUT2D eigenvalue weighted by atomic mass is 10.2. The predicted octanol–water partition coefficient (Wildman–Crippen LogP) is 4.27. The minimum atomic E-state index is 0. The molecule has 0 atom stereocenters. The van der Waals surface area contributed by atoms with Crippen LogP contribution in [0.4, 0.5) is 0 Å². The van der Waals surface area contributed by atoms with Gasteiger partial charge in [0, 0.05) is 14.5 Å².